The Morgan fingerprint density at radius 1 is 1.06 bits per heavy atom. The van der Waals surface area contributed by atoms with Gasteiger partial charge in [-0.2, -0.15) is 0 Å². The van der Waals surface area contributed by atoms with Crippen molar-refractivity contribution in [3.05, 3.63) is 18.2 Å². The molecule has 1 rings (SSSR count). The molecule has 0 aliphatic rings. The molecule has 1 aromatic rings. The van der Waals surface area contributed by atoms with Gasteiger partial charge in [-0.25, -0.2) is 4.98 Å². The number of amides is 3. The number of aromatic nitrogens is 2. The van der Waals surface area contributed by atoms with Crippen molar-refractivity contribution in [1.82, 2.24) is 25.9 Å². The second-order valence-electron chi connectivity index (χ2n) is 7.82. The second-order valence-corrected chi connectivity index (χ2v) is 7.82. The summed E-state index contributed by atoms with van der Waals surface area (Å²) in [5.41, 5.74) is 6.27. The molecule has 5 unspecified atom stereocenters. The highest BCUT2D eigenvalue weighted by Gasteiger charge is 2.32. The minimum absolute atomic E-state index is 0.00357. The van der Waals surface area contributed by atoms with Crippen LogP contribution in [0.1, 0.15) is 45.7 Å². The fourth-order valence-corrected chi connectivity index (χ4v) is 2.84. The monoisotopic (exact) mass is 468 g/mol. The number of carboxylic acids is 2. The van der Waals surface area contributed by atoms with Gasteiger partial charge in [0.25, 0.3) is 0 Å². The zero-order valence-electron chi connectivity index (χ0n) is 18.8. The first-order chi connectivity index (χ1) is 15.5. The summed E-state index contributed by atoms with van der Waals surface area (Å²) in [7, 11) is 0. The fourth-order valence-electron chi connectivity index (χ4n) is 2.84. The highest BCUT2D eigenvalue weighted by molar-refractivity contribution is 5.94. The number of rotatable bonds is 14. The molecule has 5 atom stereocenters. The lowest BCUT2D eigenvalue weighted by atomic mass is 9.97. The summed E-state index contributed by atoms with van der Waals surface area (Å²) in [5, 5.41) is 25.2. The molecule has 0 aliphatic heterocycles. The topological polar surface area (TPSA) is 217 Å². The van der Waals surface area contributed by atoms with Gasteiger partial charge in [0, 0.05) is 24.7 Å². The highest BCUT2D eigenvalue weighted by Crippen LogP contribution is 2.10. The van der Waals surface area contributed by atoms with Crippen molar-refractivity contribution in [3.63, 3.8) is 0 Å². The molecule has 0 bridgehead atoms. The number of imidazole rings is 1. The van der Waals surface area contributed by atoms with E-state index in [9.17, 15) is 24.0 Å². The van der Waals surface area contributed by atoms with Crippen LogP contribution in [0.2, 0.25) is 0 Å². The number of carbonyl (C=O) groups excluding carboxylic acids is 3. The predicted octanol–water partition coefficient (Wildman–Crippen LogP) is -1.25. The first-order valence-electron chi connectivity index (χ1n) is 10.5. The predicted molar refractivity (Wildman–Crippen MR) is 116 cm³/mol. The van der Waals surface area contributed by atoms with Crippen molar-refractivity contribution in [3.8, 4) is 0 Å². The highest BCUT2D eigenvalue weighted by atomic mass is 16.4. The smallest absolute Gasteiger partial charge is 0.325 e. The molecule has 1 heterocycles. The number of carboxylic acid groups (broad SMARTS) is 2. The molecule has 0 spiro atoms. The average Bonchev–Trinajstić information content (AvgIpc) is 3.27. The lowest BCUT2D eigenvalue weighted by Gasteiger charge is -2.27. The third-order valence-corrected chi connectivity index (χ3v) is 5.14. The molecule has 0 saturated carbocycles. The molecule has 0 radical (unpaired) electrons. The van der Waals surface area contributed by atoms with Gasteiger partial charge < -0.3 is 36.9 Å². The van der Waals surface area contributed by atoms with E-state index in [1.807, 2.05) is 6.92 Å². The number of aromatic amines is 1. The Hall–Kier alpha value is -3.48. The molecule has 3 amide bonds. The minimum Gasteiger partial charge on any atom is -0.481 e. The summed E-state index contributed by atoms with van der Waals surface area (Å²) < 4.78 is 0. The lowest BCUT2D eigenvalue weighted by molar-refractivity contribution is -0.142. The van der Waals surface area contributed by atoms with Crippen molar-refractivity contribution in [2.45, 2.75) is 70.6 Å². The van der Waals surface area contributed by atoms with E-state index in [0.717, 1.165) is 0 Å². The van der Waals surface area contributed by atoms with E-state index < -0.39 is 53.8 Å². The third-order valence-electron chi connectivity index (χ3n) is 5.14. The zero-order chi connectivity index (χ0) is 25.1. The van der Waals surface area contributed by atoms with Crippen LogP contribution >= 0.6 is 0 Å². The minimum atomic E-state index is -1.22. The summed E-state index contributed by atoms with van der Waals surface area (Å²) in [4.78, 5) is 66.6. The van der Waals surface area contributed by atoms with E-state index in [1.165, 1.54) is 19.4 Å². The number of carbonyl (C=O) groups is 5. The molecule has 0 saturated heterocycles. The molecule has 0 fully saturated rings. The molecule has 0 aliphatic carbocycles. The van der Waals surface area contributed by atoms with Crippen LogP contribution in [0.5, 0.6) is 0 Å². The molecule has 13 nitrogen and oxygen atoms in total. The number of nitrogens with zero attached hydrogens (tertiary/aromatic N) is 1. The maximum absolute atomic E-state index is 13.1. The van der Waals surface area contributed by atoms with Crippen molar-refractivity contribution in [2.75, 3.05) is 0 Å². The maximum Gasteiger partial charge on any atom is 0.325 e. The number of H-pyrrole nitrogens is 1. The van der Waals surface area contributed by atoms with Crippen LogP contribution in [0.4, 0.5) is 0 Å². The van der Waals surface area contributed by atoms with E-state index in [2.05, 4.69) is 25.9 Å². The Bertz CT molecular complexity index is 829. The van der Waals surface area contributed by atoms with Gasteiger partial charge in [-0.1, -0.05) is 20.3 Å². The summed E-state index contributed by atoms with van der Waals surface area (Å²) >= 11 is 0. The largest absolute Gasteiger partial charge is 0.481 e. The average molecular weight is 469 g/mol. The number of hydrogen-bond donors (Lipinski definition) is 7. The van der Waals surface area contributed by atoms with Gasteiger partial charge in [-0.15, -0.1) is 0 Å². The van der Waals surface area contributed by atoms with Gasteiger partial charge in [0.15, 0.2) is 0 Å². The quantitative estimate of drug-likeness (QED) is 0.173. The van der Waals surface area contributed by atoms with Crippen LogP contribution in [0.3, 0.4) is 0 Å². The van der Waals surface area contributed by atoms with Gasteiger partial charge in [-0.05, 0) is 19.3 Å². The number of hydrogen-bond acceptors (Lipinski definition) is 7. The van der Waals surface area contributed by atoms with Crippen molar-refractivity contribution in [2.24, 2.45) is 11.7 Å². The van der Waals surface area contributed by atoms with Gasteiger partial charge in [0.05, 0.1) is 12.4 Å². The van der Waals surface area contributed by atoms with Gasteiger partial charge in [0.1, 0.15) is 18.1 Å². The molecule has 1 aromatic heterocycles. The lowest BCUT2D eigenvalue weighted by Crippen LogP contribution is -2.58. The standard InChI is InChI=1S/C20H32N6O7/c1-4-10(2)16(19(31)24-11(3)20(32)33)26-18(30)14(7-12-8-22-9-23-12)25-17(29)13(21)5-6-15(27)28/h8-11,13-14,16H,4-7,21H2,1-3H3,(H,22,23)(H,24,31)(H,25,29)(H,26,30)(H,27,28)(H,32,33). The number of aliphatic carboxylic acids is 2. The van der Waals surface area contributed by atoms with Gasteiger partial charge >= 0.3 is 11.9 Å². The van der Waals surface area contributed by atoms with Gasteiger partial charge in [-0.3, -0.25) is 24.0 Å². The summed E-state index contributed by atoms with van der Waals surface area (Å²) in [6, 6.07) is -4.51. The molecular weight excluding hydrogens is 436 g/mol. The van der Waals surface area contributed by atoms with Gasteiger partial charge in [0.2, 0.25) is 17.7 Å². The van der Waals surface area contributed by atoms with Crippen LogP contribution in [0.25, 0.3) is 0 Å². The van der Waals surface area contributed by atoms with Crippen molar-refractivity contribution >= 4 is 29.7 Å². The Balaban J connectivity index is 3.00. The summed E-state index contributed by atoms with van der Waals surface area (Å²) in [6.45, 7) is 4.83. The fraction of sp³-hybridized carbons (Fsp3) is 0.600. The number of nitrogens with two attached hydrogens (primary N) is 1. The molecular formula is C20H32N6O7. The van der Waals surface area contributed by atoms with Crippen LogP contribution < -0.4 is 21.7 Å². The third kappa shape index (κ3) is 9.27. The first kappa shape index (κ1) is 27.6. The van der Waals surface area contributed by atoms with E-state index in [0.29, 0.717) is 12.1 Å². The van der Waals surface area contributed by atoms with Crippen LogP contribution in [-0.2, 0) is 30.4 Å². The molecule has 13 heteroatoms. The SMILES string of the molecule is CCC(C)C(NC(=O)C(Cc1cnc[nH]1)NC(=O)C(N)CCC(=O)O)C(=O)NC(C)C(=O)O. The molecule has 0 aromatic carbocycles. The van der Waals surface area contributed by atoms with E-state index in [-0.39, 0.29) is 25.2 Å². The zero-order valence-corrected chi connectivity index (χ0v) is 18.8. The Labute approximate surface area is 190 Å². The van der Waals surface area contributed by atoms with E-state index >= 15 is 0 Å². The van der Waals surface area contributed by atoms with Crippen molar-refractivity contribution < 1.29 is 34.2 Å². The summed E-state index contributed by atoms with van der Waals surface area (Å²) in [6.07, 6.45) is 2.94. The van der Waals surface area contributed by atoms with Crippen molar-refractivity contribution in [1.29, 1.82) is 0 Å². The molecule has 33 heavy (non-hydrogen) atoms. The summed E-state index contributed by atoms with van der Waals surface area (Å²) in [5.74, 6) is -4.75. The van der Waals surface area contributed by atoms with Crippen LogP contribution in [-0.4, -0.2) is 74.0 Å². The number of nitrogens with one attached hydrogen (secondary N) is 4. The van der Waals surface area contributed by atoms with Crippen LogP contribution in [0.15, 0.2) is 12.5 Å². The molecule has 184 valence electrons. The Morgan fingerprint density at radius 2 is 1.73 bits per heavy atom. The second kappa shape index (κ2) is 13.2. The maximum atomic E-state index is 13.1. The molecule has 8 N–H and O–H groups in total. The Morgan fingerprint density at radius 3 is 2.24 bits per heavy atom. The van der Waals surface area contributed by atoms with E-state index in [1.54, 1.807) is 6.92 Å². The normalized spacial score (nSPS) is 15.4. The Kier molecular flexibility index (Phi) is 11.0. The van der Waals surface area contributed by atoms with Crippen LogP contribution in [0, 0.1) is 5.92 Å². The van der Waals surface area contributed by atoms with E-state index in [4.69, 9.17) is 15.9 Å². The first-order valence-corrected chi connectivity index (χ1v) is 10.5.